The first-order valence-corrected chi connectivity index (χ1v) is 7.32. The fourth-order valence-corrected chi connectivity index (χ4v) is 2.75. The summed E-state index contributed by atoms with van der Waals surface area (Å²) in [5.74, 6) is 0.605. The summed E-state index contributed by atoms with van der Waals surface area (Å²) in [5, 5.41) is 6.91. The van der Waals surface area contributed by atoms with Gasteiger partial charge in [-0.05, 0) is 18.6 Å². The summed E-state index contributed by atoms with van der Waals surface area (Å²) in [6.45, 7) is 8.43. The standard InChI is InChI=1S/C14H21FN4S/c1-14(2,3)12-8-13(16-10-20)17-19(12)11-4-6-18(9-11)7-5-15/h8,11H,4-7,9H2,1-3H3/t11-/m0/s1. The lowest BCUT2D eigenvalue weighted by Crippen LogP contribution is -2.26. The SMILES string of the molecule is CC(C)(C)c1cc(N=C=S)nn1[C@H]1CCN(CCF)C1. The molecule has 0 unspecified atom stereocenters. The van der Waals surface area contributed by atoms with Crippen LogP contribution in [-0.4, -0.2) is 46.2 Å². The summed E-state index contributed by atoms with van der Waals surface area (Å²) in [4.78, 5) is 6.13. The molecule has 1 atom stereocenters. The number of aromatic nitrogens is 2. The van der Waals surface area contributed by atoms with Crippen LogP contribution < -0.4 is 0 Å². The van der Waals surface area contributed by atoms with Crippen molar-refractivity contribution in [2.75, 3.05) is 26.3 Å². The fraction of sp³-hybridized carbons (Fsp3) is 0.714. The number of thiocarbonyl (C=S) groups is 1. The van der Waals surface area contributed by atoms with E-state index in [0.717, 1.165) is 25.2 Å². The van der Waals surface area contributed by atoms with Gasteiger partial charge in [0.25, 0.3) is 0 Å². The molecule has 0 N–H and O–H groups in total. The highest BCUT2D eigenvalue weighted by atomic mass is 32.1. The van der Waals surface area contributed by atoms with Crippen molar-refractivity contribution in [2.45, 2.75) is 38.6 Å². The zero-order chi connectivity index (χ0) is 14.8. The van der Waals surface area contributed by atoms with Crippen molar-refractivity contribution < 1.29 is 4.39 Å². The zero-order valence-corrected chi connectivity index (χ0v) is 13.1. The predicted molar refractivity (Wildman–Crippen MR) is 81.7 cm³/mol. The Morgan fingerprint density at radius 1 is 1.55 bits per heavy atom. The normalized spacial score (nSPS) is 20.1. The van der Waals surface area contributed by atoms with Crippen LogP contribution in [0.25, 0.3) is 0 Å². The van der Waals surface area contributed by atoms with E-state index >= 15 is 0 Å². The van der Waals surface area contributed by atoms with Crippen molar-refractivity contribution in [2.24, 2.45) is 4.99 Å². The van der Waals surface area contributed by atoms with Gasteiger partial charge in [0.1, 0.15) is 6.67 Å². The quantitative estimate of drug-likeness (QED) is 0.632. The lowest BCUT2D eigenvalue weighted by Gasteiger charge is -2.23. The second-order valence-corrected chi connectivity index (χ2v) is 6.40. The van der Waals surface area contributed by atoms with Gasteiger partial charge in [-0.25, -0.2) is 4.39 Å². The van der Waals surface area contributed by atoms with E-state index in [2.05, 4.69) is 53.1 Å². The van der Waals surface area contributed by atoms with E-state index in [1.54, 1.807) is 0 Å². The average molecular weight is 296 g/mol. The maximum absolute atomic E-state index is 12.4. The van der Waals surface area contributed by atoms with Gasteiger partial charge in [0.2, 0.25) is 0 Å². The molecule has 1 aromatic rings. The van der Waals surface area contributed by atoms with Crippen LogP contribution in [0.5, 0.6) is 0 Å². The molecular weight excluding hydrogens is 275 g/mol. The van der Waals surface area contributed by atoms with Gasteiger partial charge in [0.05, 0.1) is 11.2 Å². The Morgan fingerprint density at radius 2 is 2.30 bits per heavy atom. The van der Waals surface area contributed by atoms with Crippen molar-refractivity contribution in [3.8, 4) is 0 Å². The molecule has 20 heavy (non-hydrogen) atoms. The number of alkyl halides is 1. The number of hydrogen-bond donors (Lipinski definition) is 0. The molecule has 0 aromatic carbocycles. The molecular formula is C14H21FN4S. The minimum absolute atomic E-state index is 0.0181. The largest absolute Gasteiger partial charge is 0.299 e. The van der Waals surface area contributed by atoms with Gasteiger partial charge in [0, 0.05) is 36.8 Å². The molecule has 0 saturated carbocycles. The van der Waals surface area contributed by atoms with E-state index in [4.69, 9.17) is 0 Å². The van der Waals surface area contributed by atoms with Crippen LogP contribution >= 0.6 is 12.2 Å². The second kappa shape index (κ2) is 6.12. The van der Waals surface area contributed by atoms with Crippen molar-refractivity contribution in [1.29, 1.82) is 0 Å². The predicted octanol–water partition coefficient (Wildman–Crippen LogP) is 3.13. The van der Waals surface area contributed by atoms with Gasteiger partial charge in [-0.3, -0.25) is 9.58 Å². The molecule has 1 saturated heterocycles. The van der Waals surface area contributed by atoms with Crippen molar-refractivity contribution in [3.63, 3.8) is 0 Å². The first-order chi connectivity index (χ1) is 9.45. The van der Waals surface area contributed by atoms with Gasteiger partial charge in [-0.1, -0.05) is 20.8 Å². The smallest absolute Gasteiger partial charge is 0.184 e. The Hall–Kier alpha value is -1.10. The Kier molecular flexibility index (Phi) is 4.68. The Labute approximate surface area is 124 Å². The third kappa shape index (κ3) is 3.32. The molecule has 1 fully saturated rings. The minimum atomic E-state index is -0.293. The molecule has 0 aliphatic carbocycles. The van der Waals surface area contributed by atoms with Crippen molar-refractivity contribution in [1.82, 2.24) is 14.7 Å². The summed E-state index contributed by atoms with van der Waals surface area (Å²) in [7, 11) is 0. The van der Waals surface area contributed by atoms with E-state index in [9.17, 15) is 4.39 Å². The number of hydrogen-bond acceptors (Lipinski definition) is 4. The van der Waals surface area contributed by atoms with Crippen LogP contribution in [0.3, 0.4) is 0 Å². The lowest BCUT2D eigenvalue weighted by atomic mass is 9.91. The van der Waals surface area contributed by atoms with Gasteiger partial charge in [-0.15, -0.1) is 0 Å². The zero-order valence-electron chi connectivity index (χ0n) is 12.3. The summed E-state index contributed by atoms with van der Waals surface area (Å²) in [6.07, 6.45) is 0.992. The van der Waals surface area contributed by atoms with Gasteiger partial charge < -0.3 is 0 Å². The number of rotatable bonds is 4. The van der Waals surface area contributed by atoms with Crippen LogP contribution in [0.1, 0.15) is 38.9 Å². The maximum atomic E-state index is 12.4. The molecule has 2 rings (SSSR count). The van der Waals surface area contributed by atoms with Crippen LogP contribution in [-0.2, 0) is 5.41 Å². The van der Waals surface area contributed by atoms with Crippen LogP contribution in [0.4, 0.5) is 10.2 Å². The van der Waals surface area contributed by atoms with E-state index in [1.165, 1.54) is 0 Å². The Bertz CT molecular complexity index is 514. The molecule has 0 spiro atoms. The number of likely N-dealkylation sites (tertiary alicyclic amines) is 1. The minimum Gasteiger partial charge on any atom is -0.299 e. The van der Waals surface area contributed by atoms with Crippen molar-refractivity contribution in [3.05, 3.63) is 11.8 Å². The molecule has 0 amide bonds. The first-order valence-electron chi connectivity index (χ1n) is 6.92. The second-order valence-electron chi connectivity index (χ2n) is 6.22. The van der Waals surface area contributed by atoms with Gasteiger partial charge >= 0.3 is 0 Å². The summed E-state index contributed by atoms with van der Waals surface area (Å²) in [5.41, 5.74) is 1.11. The van der Waals surface area contributed by atoms with E-state index in [0.29, 0.717) is 12.4 Å². The number of nitrogens with zero attached hydrogens (tertiary/aromatic N) is 4. The molecule has 1 aliphatic heterocycles. The highest BCUT2D eigenvalue weighted by Gasteiger charge is 2.29. The van der Waals surface area contributed by atoms with Crippen LogP contribution in [0, 0.1) is 0 Å². The van der Waals surface area contributed by atoms with Gasteiger partial charge in [-0.2, -0.15) is 10.1 Å². The van der Waals surface area contributed by atoms with E-state index < -0.39 is 0 Å². The fourth-order valence-electron chi connectivity index (χ4n) is 2.66. The lowest BCUT2D eigenvalue weighted by molar-refractivity contribution is 0.282. The molecule has 2 heterocycles. The van der Waals surface area contributed by atoms with Crippen LogP contribution in [0.2, 0.25) is 0 Å². The number of halogens is 1. The molecule has 0 radical (unpaired) electrons. The molecule has 0 bridgehead atoms. The molecule has 6 heteroatoms. The number of isothiocyanates is 1. The molecule has 1 aliphatic rings. The topological polar surface area (TPSA) is 33.4 Å². The summed E-state index contributed by atoms with van der Waals surface area (Å²) >= 11 is 4.65. The third-order valence-electron chi connectivity index (χ3n) is 3.65. The number of aliphatic imine (C=N–C) groups is 1. The highest BCUT2D eigenvalue weighted by Crippen LogP contribution is 2.31. The highest BCUT2D eigenvalue weighted by molar-refractivity contribution is 7.78. The van der Waals surface area contributed by atoms with Gasteiger partial charge in [0.15, 0.2) is 5.82 Å². The summed E-state index contributed by atoms with van der Waals surface area (Å²) < 4.78 is 14.5. The molecule has 110 valence electrons. The Balaban J connectivity index is 2.28. The van der Waals surface area contributed by atoms with E-state index in [1.807, 2.05) is 10.7 Å². The van der Waals surface area contributed by atoms with Crippen molar-refractivity contribution >= 4 is 23.2 Å². The molecule has 4 nitrogen and oxygen atoms in total. The van der Waals surface area contributed by atoms with Crippen LogP contribution in [0.15, 0.2) is 11.1 Å². The summed E-state index contributed by atoms with van der Waals surface area (Å²) in [6, 6.07) is 2.25. The third-order valence-corrected chi connectivity index (χ3v) is 3.74. The monoisotopic (exact) mass is 296 g/mol. The van der Waals surface area contributed by atoms with E-state index in [-0.39, 0.29) is 18.1 Å². The maximum Gasteiger partial charge on any atom is 0.184 e. The molecule has 1 aromatic heterocycles. The first kappa shape index (κ1) is 15.3. The Morgan fingerprint density at radius 3 is 2.90 bits per heavy atom. The average Bonchev–Trinajstić information content (AvgIpc) is 2.95.